The molecule has 0 radical (unpaired) electrons. The fourth-order valence-corrected chi connectivity index (χ4v) is 3.51. The average Bonchev–Trinajstić information content (AvgIpc) is 2.15. The molecule has 0 bridgehead atoms. The smallest absolute Gasteiger partial charge is 0.0797 e. The minimum Gasteiger partial charge on any atom is -0.388 e. The van der Waals surface area contributed by atoms with E-state index < -0.39 is 0 Å². The standard InChI is InChI=1S/C15H24O/c1-10(2)12-8-13-11(3)6-5-7-15(13,4)9-14(12)16/h8,11,14,16H,5-7,9H2,1-4H3. The van der Waals surface area contributed by atoms with Crippen LogP contribution < -0.4 is 0 Å². The minimum absolute atomic E-state index is 0.246. The lowest BCUT2D eigenvalue weighted by atomic mass is 9.61. The van der Waals surface area contributed by atoms with Crippen LogP contribution in [0.1, 0.15) is 53.4 Å². The van der Waals surface area contributed by atoms with Crippen LogP contribution in [0.15, 0.2) is 22.8 Å². The Morgan fingerprint density at radius 2 is 2.12 bits per heavy atom. The zero-order valence-corrected chi connectivity index (χ0v) is 11.0. The highest BCUT2D eigenvalue weighted by Gasteiger charge is 2.40. The largest absolute Gasteiger partial charge is 0.388 e. The van der Waals surface area contributed by atoms with E-state index in [0.29, 0.717) is 5.92 Å². The number of fused-ring (bicyclic) bond motifs is 1. The van der Waals surface area contributed by atoms with Gasteiger partial charge >= 0.3 is 0 Å². The van der Waals surface area contributed by atoms with Crippen molar-refractivity contribution in [2.75, 3.05) is 0 Å². The van der Waals surface area contributed by atoms with Crippen molar-refractivity contribution in [2.45, 2.75) is 59.5 Å². The zero-order valence-electron chi connectivity index (χ0n) is 11.0. The van der Waals surface area contributed by atoms with Gasteiger partial charge in [-0.05, 0) is 50.0 Å². The van der Waals surface area contributed by atoms with Gasteiger partial charge in [0, 0.05) is 0 Å². The first-order chi connectivity index (χ1) is 7.44. The SMILES string of the molecule is CC(C)=C1C=C2C(C)CCCC2(C)CC1O. The summed E-state index contributed by atoms with van der Waals surface area (Å²) in [5.74, 6) is 0.695. The molecule has 0 spiro atoms. The predicted molar refractivity (Wildman–Crippen MR) is 68.2 cm³/mol. The minimum atomic E-state index is -0.246. The van der Waals surface area contributed by atoms with Crippen molar-refractivity contribution in [3.05, 3.63) is 22.8 Å². The normalized spacial score (nSPS) is 39.1. The lowest BCUT2D eigenvalue weighted by Gasteiger charge is -2.45. The molecule has 0 saturated heterocycles. The van der Waals surface area contributed by atoms with Gasteiger partial charge in [0.05, 0.1) is 6.10 Å². The summed E-state index contributed by atoms with van der Waals surface area (Å²) in [4.78, 5) is 0. The van der Waals surface area contributed by atoms with Crippen LogP contribution >= 0.6 is 0 Å². The van der Waals surface area contributed by atoms with Crippen LogP contribution in [-0.2, 0) is 0 Å². The Hall–Kier alpha value is -0.560. The fourth-order valence-electron chi connectivity index (χ4n) is 3.51. The summed E-state index contributed by atoms with van der Waals surface area (Å²) in [6.45, 7) is 8.88. The van der Waals surface area contributed by atoms with E-state index in [9.17, 15) is 5.11 Å². The van der Waals surface area contributed by atoms with E-state index in [1.165, 1.54) is 30.4 Å². The average molecular weight is 220 g/mol. The number of allylic oxidation sites excluding steroid dienone is 2. The highest BCUT2D eigenvalue weighted by atomic mass is 16.3. The molecule has 90 valence electrons. The molecule has 16 heavy (non-hydrogen) atoms. The summed E-state index contributed by atoms with van der Waals surface area (Å²) in [5.41, 5.74) is 4.28. The Bertz CT molecular complexity index is 346. The van der Waals surface area contributed by atoms with Crippen molar-refractivity contribution in [3.8, 4) is 0 Å². The van der Waals surface area contributed by atoms with E-state index in [1.54, 1.807) is 5.57 Å². The van der Waals surface area contributed by atoms with Crippen LogP contribution in [0.4, 0.5) is 0 Å². The molecule has 0 aromatic carbocycles. The molecule has 2 aliphatic carbocycles. The molecule has 1 N–H and O–H groups in total. The molecule has 0 amide bonds. The van der Waals surface area contributed by atoms with Gasteiger partial charge in [-0.2, -0.15) is 0 Å². The van der Waals surface area contributed by atoms with E-state index in [1.807, 2.05) is 0 Å². The second-order valence-corrected chi connectivity index (χ2v) is 6.13. The number of hydrogen-bond acceptors (Lipinski definition) is 1. The Morgan fingerprint density at radius 3 is 2.75 bits per heavy atom. The maximum absolute atomic E-state index is 10.2. The summed E-state index contributed by atoms with van der Waals surface area (Å²) in [6, 6.07) is 0. The van der Waals surface area contributed by atoms with Gasteiger partial charge in [0.15, 0.2) is 0 Å². The van der Waals surface area contributed by atoms with Crippen molar-refractivity contribution < 1.29 is 5.11 Å². The molecule has 1 saturated carbocycles. The van der Waals surface area contributed by atoms with Gasteiger partial charge in [-0.1, -0.05) is 37.5 Å². The number of aliphatic hydroxyl groups excluding tert-OH is 1. The van der Waals surface area contributed by atoms with Gasteiger partial charge < -0.3 is 5.11 Å². The summed E-state index contributed by atoms with van der Waals surface area (Å²) >= 11 is 0. The van der Waals surface area contributed by atoms with Gasteiger partial charge in [0.1, 0.15) is 0 Å². The van der Waals surface area contributed by atoms with Crippen LogP contribution in [0, 0.1) is 11.3 Å². The molecule has 0 aliphatic heterocycles. The van der Waals surface area contributed by atoms with Crippen molar-refractivity contribution in [3.63, 3.8) is 0 Å². The molecule has 0 aromatic rings. The lowest BCUT2D eigenvalue weighted by Crippen LogP contribution is -2.36. The Labute approximate surface area is 99.3 Å². The van der Waals surface area contributed by atoms with Gasteiger partial charge in [-0.15, -0.1) is 0 Å². The molecule has 1 nitrogen and oxygen atoms in total. The van der Waals surface area contributed by atoms with Gasteiger partial charge in [0.2, 0.25) is 0 Å². The topological polar surface area (TPSA) is 20.2 Å². The molecule has 2 rings (SSSR count). The molecule has 0 heterocycles. The number of rotatable bonds is 0. The first-order valence-electron chi connectivity index (χ1n) is 6.51. The van der Waals surface area contributed by atoms with Crippen LogP contribution in [-0.4, -0.2) is 11.2 Å². The summed E-state index contributed by atoms with van der Waals surface area (Å²) in [7, 11) is 0. The van der Waals surface area contributed by atoms with Gasteiger partial charge in [0.25, 0.3) is 0 Å². The summed E-state index contributed by atoms with van der Waals surface area (Å²) in [6.07, 6.45) is 6.84. The third-order valence-corrected chi connectivity index (χ3v) is 4.48. The van der Waals surface area contributed by atoms with Gasteiger partial charge in [-0.3, -0.25) is 0 Å². The molecule has 3 unspecified atom stereocenters. The van der Waals surface area contributed by atoms with Gasteiger partial charge in [-0.25, -0.2) is 0 Å². The Balaban J connectivity index is 2.45. The fraction of sp³-hybridized carbons (Fsp3) is 0.733. The third-order valence-electron chi connectivity index (χ3n) is 4.48. The molecule has 0 aromatic heterocycles. The first kappa shape index (κ1) is 11.9. The van der Waals surface area contributed by atoms with Crippen LogP contribution in [0.2, 0.25) is 0 Å². The predicted octanol–water partition coefficient (Wildman–Crippen LogP) is 3.84. The summed E-state index contributed by atoms with van der Waals surface area (Å²) in [5, 5.41) is 10.2. The van der Waals surface area contributed by atoms with E-state index in [2.05, 4.69) is 33.8 Å². The third kappa shape index (κ3) is 1.86. The first-order valence-corrected chi connectivity index (χ1v) is 6.51. The highest BCUT2D eigenvalue weighted by Crippen LogP contribution is 2.50. The van der Waals surface area contributed by atoms with Crippen molar-refractivity contribution >= 4 is 0 Å². The van der Waals surface area contributed by atoms with Crippen molar-refractivity contribution in [1.29, 1.82) is 0 Å². The van der Waals surface area contributed by atoms with Crippen LogP contribution in [0.25, 0.3) is 0 Å². The molecular weight excluding hydrogens is 196 g/mol. The molecule has 1 fully saturated rings. The maximum Gasteiger partial charge on any atom is 0.0797 e. The zero-order chi connectivity index (χ0) is 11.9. The van der Waals surface area contributed by atoms with Crippen molar-refractivity contribution in [1.82, 2.24) is 0 Å². The second kappa shape index (κ2) is 4.03. The summed E-state index contributed by atoms with van der Waals surface area (Å²) < 4.78 is 0. The molecular formula is C15H24O. The molecule has 2 aliphatic rings. The van der Waals surface area contributed by atoms with Crippen LogP contribution in [0.5, 0.6) is 0 Å². The highest BCUT2D eigenvalue weighted by molar-refractivity contribution is 5.39. The number of aliphatic hydroxyl groups is 1. The quantitative estimate of drug-likeness (QED) is 0.657. The van der Waals surface area contributed by atoms with E-state index in [0.717, 1.165) is 6.42 Å². The maximum atomic E-state index is 10.2. The Kier molecular flexibility index (Phi) is 3.00. The van der Waals surface area contributed by atoms with E-state index in [-0.39, 0.29) is 11.5 Å². The molecule has 1 heteroatoms. The number of hydrogen-bond donors (Lipinski definition) is 1. The van der Waals surface area contributed by atoms with E-state index >= 15 is 0 Å². The second-order valence-electron chi connectivity index (χ2n) is 6.13. The monoisotopic (exact) mass is 220 g/mol. The van der Waals surface area contributed by atoms with Crippen LogP contribution in [0.3, 0.4) is 0 Å². The Morgan fingerprint density at radius 1 is 1.44 bits per heavy atom. The van der Waals surface area contributed by atoms with E-state index in [4.69, 9.17) is 0 Å². The van der Waals surface area contributed by atoms with Crippen molar-refractivity contribution in [2.24, 2.45) is 11.3 Å². The molecule has 3 atom stereocenters. The lowest BCUT2D eigenvalue weighted by molar-refractivity contribution is 0.118.